The molecule has 0 atom stereocenters. The van der Waals surface area contributed by atoms with Gasteiger partial charge in [-0.2, -0.15) is 4.98 Å². The number of nitrogens with zero attached hydrogens (tertiary/aromatic N) is 3. The molecule has 2 rings (SSSR count). The first-order valence-electron chi connectivity index (χ1n) is 4.50. The molecule has 0 radical (unpaired) electrons. The molecule has 2 heterocycles. The molecule has 16 heavy (non-hydrogen) atoms. The number of hydrogen-bond donors (Lipinski definition) is 2. The van der Waals surface area contributed by atoms with E-state index in [4.69, 9.17) is 18.0 Å². The highest BCUT2D eigenvalue weighted by Gasteiger charge is 2.00. The van der Waals surface area contributed by atoms with Gasteiger partial charge in [0.2, 0.25) is 6.39 Å². The number of thiocarbonyl (C=S) groups is 1. The predicted octanol–water partition coefficient (Wildman–Crippen LogP) is 0.711. The third kappa shape index (κ3) is 2.51. The summed E-state index contributed by atoms with van der Waals surface area (Å²) in [4.78, 5) is 8.33. The highest BCUT2D eigenvalue weighted by Crippen LogP contribution is 2.05. The van der Waals surface area contributed by atoms with Crippen LogP contribution in [0.4, 0.5) is 5.82 Å². The van der Waals surface area contributed by atoms with E-state index >= 15 is 0 Å². The molecule has 3 N–H and O–H groups in total. The quantitative estimate of drug-likeness (QED) is 0.754. The molecule has 82 valence electrons. The van der Waals surface area contributed by atoms with Crippen LogP contribution in [0.3, 0.4) is 0 Å². The minimum atomic E-state index is 0.331. The number of nitrogens with two attached hydrogens (primary N) is 1. The van der Waals surface area contributed by atoms with Crippen molar-refractivity contribution in [3.05, 3.63) is 36.1 Å². The van der Waals surface area contributed by atoms with Crippen LogP contribution in [0.1, 0.15) is 11.4 Å². The number of aromatic nitrogens is 3. The number of anilines is 1. The van der Waals surface area contributed by atoms with Crippen molar-refractivity contribution in [2.45, 2.75) is 6.54 Å². The molecule has 2 aromatic heterocycles. The van der Waals surface area contributed by atoms with Gasteiger partial charge in [0.1, 0.15) is 10.8 Å². The van der Waals surface area contributed by atoms with Gasteiger partial charge in [-0.1, -0.05) is 17.4 Å². The van der Waals surface area contributed by atoms with Gasteiger partial charge in [-0.05, 0) is 12.1 Å². The molecule has 0 aliphatic heterocycles. The highest BCUT2D eigenvalue weighted by atomic mass is 32.1. The van der Waals surface area contributed by atoms with E-state index in [1.54, 1.807) is 18.3 Å². The minimum absolute atomic E-state index is 0.331. The second-order valence-corrected chi connectivity index (χ2v) is 3.44. The molecule has 0 aliphatic rings. The summed E-state index contributed by atoms with van der Waals surface area (Å²) in [5, 5.41) is 6.69. The lowest BCUT2D eigenvalue weighted by atomic mass is 10.3. The molecule has 0 unspecified atom stereocenters. The molecule has 0 fully saturated rings. The summed E-state index contributed by atoms with van der Waals surface area (Å²) in [7, 11) is 0. The van der Waals surface area contributed by atoms with Crippen LogP contribution < -0.4 is 11.1 Å². The summed E-state index contributed by atoms with van der Waals surface area (Å²) in [6.45, 7) is 0.454. The van der Waals surface area contributed by atoms with Crippen LogP contribution in [-0.4, -0.2) is 20.1 Å². The van der Waals surface area contributed by atoms with Gasteiger partial charge in [-0.3, -0.25) is 0 Å². The first-order chi connectivity index (χ1) is 7.75. The van der Waals surface area contributed by atoms with E-state index in [9.17, 15) is 0 Å². The van der Waals surface area contributed by atoms with Crippen LogP contribution in [0.2, 0.25) is 0 Å². The lowest BCUT2D eigenvalue weighted by Crippen LogP contribution is -2.10. The monoisotopic (exact) mass is 235 g/mol. The van der Waals surface area contributed by atoms with E-state index in [2.05, 4.69) is 25.0 Å². The Labute approximate surface area is 96.9 Å². The van der Waals surface area contributed by atoms with Crippen molar-refractivity contribution in [3.63, 3.8) is 0 Å². The Bertz CT molecular complexity index is 467. The summed E-state index contributed by atoms with van der Waals surface area (Å²) in [5.41, 5.74) is 6.19. The van der Waals surface area contributed by atoms with Gasteiger partial charge >= 0.3 is 0 Å². The largest absolute Gasteiger partial charge is 0.389 e. The Hall–Kier alpha value is -2.02. The van der Waals surface area contributed by atoms with Crippen LogP contribution in [0.5, 0.6) is 0 Å². The summed E-state index contributed by atoms with van der Waals surface area (Å²) in [5.74, 6) is 1.27. The van der Waals surface area contributed by atoms with Crippen molar-refractivity contribution < 1.29 is 4.52 Å². The van der Waals surface area contributed by atoms with E-state index in [-0.39, 0.29) is 0 Å². The van der Waals surface area contributed by atoms with Crippen molar-refractivity contribution in [1.29, 1.82) is 0 Å². The highest BCUT2D eigenvalue weighted by molar-refractivity contribution is 7.80. The number of nitrogens with one attached hydrogen (secondary N) is 1. The van der Waals surface area contributed by atoms with Crippen LogP contribution in [-0.2, 0) is 6.54 Å². The molecule has 0 spiro atoms. The molecule has 7 heteroatoms. The van der Waals surface area contributed by atoms with Gasteiger partial charge in [-0.15, -0.1) is 0 Å². The summed E-state index contributed by atoms with van der Waals surface area (Å²) >= 11 is 4.82. The van der Waals surface area contributed by atoms with Crippen LogP contribution in [0.25, 0.3) is 0 Å². The number of pyridine rings is 1. The molecule has 0 amide bonds. The van der Waals surface area contributed by atoms with E-state index < -0.39 is 0 Å². The van der Waals surface area contributed by atoms with Crippen molar-refractivity contribution >= 4 is 23.0 Å². The standard InChI is InChI=1S/C9H9N5OS/c10-9(16)6-1-2-7(11-3-6)12-4-8-13-5-15-14-8/h1-3,5H,4H2,(H2,10,16)(H,11,12). The molecule has 0 saturated heterocycles. The van der Waals surface area contributed by atoms with Gasteiger partial charge in [0.15, 0.2) is 5.82 Å². The van der Waals surface area contributed by atoms with E-state index in [1.165, 1.54) is 6.39 Å². The third-order valence-corrected chi connectivity index (χ3v) is 2.12. The van der Waals surface area contributed by atoms with Gasteiger partial charge in [0.05, 0.1) is 6.54 Å². The first-order valence-corrected chi connectivity index (χ1v) is 4.91. The fourth-order valence-electron chi connectivity index (χ4n) is 1.08. The molecule has 6 nitrogen and oxygen atoms in total. The Morgan fingerprint density at radius 1 is 1.44 bits per heavy atom. The number of rotatable bonds is 4. The molecular weight excluding hydrogens is 226 g/mol. The maximum absolute atomic E-state index is 5.45. The Balaban J connectivity index is 1.98. The van der Waals surface area contributed by atoms with Crippen molar-refractivity contribution in [2.75, 3.05) is 5.32 Å². The molecular formula is C9H9N5OS. The van der Waals surface area contributed by atoms with Gasteiger partial charge in [0, 0.05) is 11.8 Å². The first kappa shape index (κ1) is 10.5. The number of hydrogen-bond acceptors (Lipinski definition) is 6. The van der Waals surface area contributed by atoms with Crippen molar-refractivity contribution in [2.24, 2.45) is 5.73 Å². The smallest absolute Gasteiger partial charge is 0.213 e. The maximum Gasteiger partial charge on any atom is 0.213 e. The molecule has 0 aromatic carbocycles. The Morgan fingerprint density at radius 3 is 2.88 bits per heavy atom. The van der Waals surface area contributed by atoms with E-state index in [1.807, 2.05) is 0 Å². The molecule has 0 bridgehead atoms. The second kappa shape index (κ2) is 4.67. The summed E-state index contributed by atoms with van der Waals surface area (Å²) < 4.78 is 4.60. The minimum Gasteiger partial charge on any atom is -0.389 e. The Kier molecular flexibility index (Phi) is 3.06. The Morgan fingerprint density at radius 2 is 2.31 bits per heavy atom. The van der Waals surface area contributed by atoms with Crippen LogP contribution >= 0.6 is 12.2 Å². The van der Waals surface area contributed by atoms with Crippen LogP contribution in [0, 0.1) is 0 Å². The van der Waals surface area contributed by atoms with E-state index in [0.717, 1.165) is 5.56 Å². The average molecular weight is 235 g/mol. The molecule has 0 aliphatic carbocycles. The third-order valence-electron chi connectivity index (χ3n) is 1.88. The van der Waals surface area contributed by atoms with Crippen molar-refractivity contribution in [1.82, 2.24) is 15.1 Å². The lowest BCUT2D eigenvalue weighted by molar-refractivity contribution is 0.411. The zero-order chi connectivity index (χ0) is 11.4. The normalized spacial score (nSPS) is 10.0. The fourth-order valence-corrected chi connectivity index (χ4v) is 1.20. The topological polar surface area (TPSA) is 89.9 Å². The van der Waals surface area contributed by atoms with Crippen molar-refractivity contribution in [3.8, 4) is 0 Å². The summed E-state index contributed by atoms with van der Waals surface area (Å²) in [6.07, 6.45) is 2.89. The fraction of sp³-hybridized carbons (Fsp3) is 0.111. The van der Waals surface area contributed by atoms with E-state index in [0.29, 0.717) is 23.2 Å². The lowest BCUT2D eigenvalue weighted by Gasteiger charge is -2.03. The summed E-state index contributed by atoms with van der Waals surface area (Å²) in [6, 6.07) is 3.59. The van der Waals surface area contributed by atoms with Gasteiger partial charge < -0.3 is 15.6 Å². The SMILES string of the molecule is NC(=S)c1ccc(NCc2ncon2)nc1. The zero-order valence-electron chi connectivity index (χ0n) is 8.25. The van der Waals surface area contributed by atoms with Gasteiger partial charge in [0.25, 0.3) is 0 Å². The zero-order valence-corrected chi connectivity index (χ0v) is 9.07. The average Bonchev–Trinajstić information content (AvgIpc) is 2.80. The maximum atomic E-state index is 5.45. The second-order valence-electron chi connectivity index (χ2n) is 3.00. The predicted molar refractivity (Wildman–Crippen MR) is 61.7 cm³/mol. The molecule has 2 aromatic rings. The van der Waals surface area contributed by atoms with Gasteiger partial charge in [-0.25, -0.2) is 4.98 Å². The molecule has 0 saturated carbocycles. The van der Waals surface area contributed by atoms with Crippen LogP contribution in [0.15, 0.2) is 29.2 Å².